The summed E-state index contributed by atoms with van der Waals surface area (Å²) >= 11 is 0. The van der Waals surface area contributed by atoms with Crippen LogP contribution < -0.4 is 5.73 Å². The van der Waals surface area contributed by atoms with Crippen molar-refractivity contribution >= 4 is 0 Å². The summed E-state index contributed by atoms with van der Waals surface area (Å²) in [6.45, 7) is 4.87. The summed E-state index contributed by atoms with van der Waals surface area (Å²) in [7, 11) is 0. The average Bonchev–Trinajstić information content (AvgIpc) is 2.76. The first-order chi connectivity index (χ1) is 9.95. The molecule has 2 nitrogen and oxygen atoms in total. The van der Waals surface area contributed by atoms with Crippen molar-refractivity contribution in [3.63, 3.8) is 0 Å². The van der Waals surface area contributed by atoms with Gasteiger partial charge in [-0.25, -0.2) is 0 Å². The Balaban J connectivity index is 1.67. The minimum Gasteiger partial charge on any atom is -0.393 e. The second kappa shape index (κ2) is 4.58. The van der Waals surface area contributed by atoms with Crippen molar-refractivity contribution in [2.24, 2.45) is 40.2 Å². The molecule has 0 heterocycles. The van der Waals surface area contributed by atoms with E-state index in [2.05, 4.69) is 26.0 Å². The Morgan fingerprint density at radius 1 is 1.05 bits per heavy atom. The number of nitrogens with two attached hydrogens (primary N) is 1. The highest BCUT2D eigenvalue weighted by Crippen LogP contribution is 2.65. The summed E-state index contributed by atoms with van der Waals surface area (Å²) in [5, 5.41) is 10.5. The number of fused-ring (bicyclic) bond motifs is 5. The Morgan fingerprint density at radius 2 is 1.86 bits per heavy atom. The van der Waals surface area contributed by atoms with Crippen LogP contribution in [0.15, 0.2) is 12.2 Å². The molecule has 4 rings (SSSR count). The minimum atomic E-state index is -0.0516. The van der Waals surface area contributed by atoms with E-state index in [9.17, 15) is 5.11 Å². The van der Waals surface area contributed by atoms with Crippen LogP contribution in [-0.4, -0.2) is 17.3 Å². The van der Waals surface area contributed by atoms with Crippen LogP contribution in [0.2, 0.25) is 0 Å². The zero-order valence-electron chi connectivity index (χ0n) is 13.6. The van der Waals surface area contributed by atoms with E-state index < -0.39 is 0 Å². The van der Waals surface area contributed by atoms with E-state index in [4.69, 9.17) is 5.73 Å². The van der Waals surface area contributed by atoms with Crippen LogP contribution in [-0.2, 0) is 0 Å². The predicted molar refractivity (Wildman–Crippen MR) is 85.6 cm³/mol. The Bertz CT molecular complexity index is 460. The van der Waals surface area contributed by atoms with Crippen LogP contribution in [0.5, 0.6) is 0 Å². The second-order valence-corrected chi connectivity index (χ2v) is 8.91. The van der Waals surface area contributed by atoms with Gasteiger partial charge in [0.05, 0.1) is 6.10 Å². The van der Waals surface area contributed by atoms with Gasteiger partial charge in [0.2, 0.25) is 0 Å². The van der Waals surface area contributed by atoms with Gasteiger partial charge in [-0.05, 0) is 79.4 Å². The lowest BCUT2D eigenvalue weighted by molar-refractivity contribution is -0.0951. The molecule has 8 atom stereocenters. The molecule has 0 aromatic rings. The summed E-state index contributed by atoms with van der Waals surface area (Å²) < 4.78 is 0. The standard InChI is InChI=1S/C19H31NO/c1-18-9-7-13(20)11-12(18)3-4-14-15-5-6-17(21)19(15,2)10-8-16(14)18/h7,9,12-17,21H,3-6,8,10-11,20H2,1-2H3/t12?,13-,14-,15-,16-,17-,18-,19-/m0/s1. The molecule has 4 aliphatic carbocycles. The first-order valence-electron chi connectivity index (χ1n) is 9.08. The molecule has 3 fully saturated rings. The topological polar surface area (TPSA) is 46.2 Å². The molecule has 0 spiro atoms. The van der Waals surface area contributed by atoms with Crippen LogP contribution in [0.25, 0.3) is 0 Å². The molecule has 0 radical (unpaired) electrons. The van der Waals surface area contributed by atoms with Crippen LogP contribution in [0.3, 0.4) is 0 Å². The van der Waals surface area contributed by atoms with E-state index in [0.717, 1.165) is 30.1 Å². The van der Waals surface area contributed by atoms with Gasteiger partial charge in [-0.3, -0.25) is 0 Å². The molecule has 0 saturated heterocycles. The van der Waals surface area contributed by atoms with E-state index >= 15 is 0 Å². The highest BCUT2D eigenvalue weighted by atomic mass is 16.3. The number of hydrogen-bond acceptors (Lipinski definition) is 2. The van der Waals surface area contributed by atoms with Gasteiger partial charge in [0, 0.05) is 6.04 Å². The zero-order chi connectivity index (χ0) is 14.8. The van der Waals surface area contributed by atoms with Crippen LogP contribution in [0.4, 0.5) is 0 Å². The third-order valence-corrected chi connectivity index (χ3v) is 8.17. The van der Waals surface area contributed by atoms with Gasteiger partial charge in [-0.15, -0.1) is 0 Å². The van der Waals surface area contributed by atoms with Crippen LogP contribution in [0, 0.1) is 34.5 Å². The Hall–Kier alpha value is -0.340. The highest BCUT2D eigenvalue weighted by Gasteiger charge is 2.59. The van der Waals surface area contributed by atoms with E-state index in [-0.39, 0.29) is 17.6 Å². The smallest absolute Gasteiger partial charge is 0.0596 e. The summed E-state index contributed by atoms with van der Waals surface area (Å²) in [5.74, 6) is 3.20. The van der Waals surface area contributed by atoms with E-state index in [1.54, 1.807) is 0 Å². The normalized spacial score (nSPS) is 59.2. The molecule has 0 bridgehead atoms. The van der Waals surface area contributed by atoms with Crippen molar-refractivity contribution in [3.05, 3.63) is 12.2 Å². The molecular formula is C19H31NO. The fraction of sp³-hybridized carbons (Fsp3) is 0.895. The molecule has 3 N–H and O–H groups in total. The number of allylic oxidation sites excluding steroid dienone is 1. The molecule has 118 valence electrons. The molecule has 1 unspecified atom stereocenters. The Kier molecular flexibility index (Phi) is 3.11. The van der Waals surface area contributed by atoms with Crippen molar-refractivity contribution < 1.29 is 5.11 Å². The van der Waals surface area contributed by atoms with Gasteiger partial charge >= 0.3 is 0 Å². The van der Waals surface area contributed by atoms with Gasteiger partial charge < -0.3 is 10.8 Å². The first-order valence-corrected chi connectivity index (χ1v) is 9.08. The molecule has 2 heteroatoms. The molecule has 0 amide bonds. The molecule has 0 aromatic heterocycles. The maximum absolute atomic E-state index is 10.5. The molecule has 4 aliphatic rings. The number of aliphatic hydroxyl groups excluding tert-OH is 1. The van der Waals surface area contributed by atoms with Gasteiger partial charge in [0.1, 0.15) is 0 Å². The molecule has 3 saturated carbocycles. The van der Waals surface area contributed by atoms with Crippen molar-refractivity contribution in [3.8, 4) is 0 Å². The monoisotopic (exact) mass is 289 g/mol. The lowest BCUT2D eigenvalue weighted by Gasteiger charge is -2.59. The van der Waals surface area contributed by atoms with Gasteiger partial charge in [0.25, 0.3) is 0 Å². The minimum absolute atomic E-state index is 0.0516. The second-order valence-electron chi connectivity index (χ2n) is 8.91. The zero-order valence-corrected chi connectivity index (χ0v) is 13.6. The van der Waals surface area contributed by atoms with Crippen molar-refractivity contribution in [2.75, 3.05) is 0 Å². The molecule has 0 aliphatic heterocycles. The lowest BCUT2D eigenvalue weighted by Crippen LogP contribution is -2.53. The highest BCUT2D eigenvalue weighted by molar-refractivity contribution is 5.17. The predicted octanol–water partition coefficient (Wildman–Crippen LogP) is 3.49. The van der Waals surface area contributed by atoms with E-state index in [1.807, 2.05) is 0 Å². The third kappa shape index (κ3) is 1.84. The summed E-state index contributed by atoms with van der Waals surface area (Å²) in [6.07, 6.45) is 13.4. The van der Waals surface area contributed by atoms with Crippen LogP contribution in [0.1, 0.15) is 58.8 Å². The fourth-order valence-electron chi connectivity index (χ4n) is 6.81. The van der Waals surface area contributed by atoms with Crippen LogP contribution >= 0.6 is 0 Å². The van der Waals surface area contributed by atoms with Gasteiger partial charge in [0.15, 0.2) is 0 Å². The quantitative estimate of drug-likeness (QED) is 0.671. The third-order valence-electron chi connectivity index (χ3n) is 8.17. The summed E-state index contributed by atoms with van der Waals surface area (Å²) in [6, 6.07) is 0.279. The van der Waals surface area contributed by atoms with E-state index in [0.29, 0.717) is 5.41 Å². The van der Waals surface area contributed by atoms with Crippen molar-refractivity contribution in [1.82, 2.24) is 0 Å². The van der Waals surface area contributed by atoms with E-state index in [1.165, 1.54) is 38.5 Å². The van der Waals surface area contributed by atoms with Crippen molar-refractivity contribution in [1.29, 1.82) is 0 Å². The molecule has 0 aromatic carbocycles. The maximum atomic E-state index is 10.5. The van der Waals surface area contributed by atoms with Gasteiger partial charge in [-0.1, -0.05) is 26.0 Å². The van der Waals surface area contributed by atoms with Crippen molar-refractivity contribution in [2.45, 2.75) is 70.9 Å². The molecule has 21 heavy (non-hydrogen) atoms. The first kappa shape index (κ1) is 14.3. The Morgan fingerprint density at radius 3 is 2.67 bits per heavy atom. The average molecular weight is 289 g/mol. The molecular weight excluding hydrogens is 258 g/mol. The fourth-order valence-corrected chi connectivity index (χ4v) is 6.81. The Labute approximate surface area is 129 Å². The lowest BCUT2D eigenvalue weighted by atomic mass is 9.46. The summed E-state index contributed by atoms with van der Waals surface area (Å²) in [5.41, 5.74) is 6.75. The van der Waals surface area contributed by atoms with Gasteiger partial charge in [-0.2, -0.15) is 0 Å². The maximum Gasteiger partial charge on any atom is 0.0596 e. The number of aliphatic hydroxyl groups is 1. The largest absolute Gasteiger partial charge is 0.393 e. The summed E-state index contributed by atoms with van der Waals surface area (Å²) in [4.78, 5) is 0. The number of rotatable bonds is 0. The number of hydrogen-bond donors (Lipinski definition) is 2. The SMILES string of the molecule is C[C@]12CC[C@H]3[C@@H](CCC4C[C@@H](N)C=C[C@@]43C)[C@@H]1CC[C@@H]2O.